The molecule has 1 unspecified atom stereocenters. The summed E-state index contributed by atoms with van der Waals surface area (Å²) in [6, 6.07) is 13.5. The molecule has 1 atom stereocenters. The van der Waals surface area contributed by atoms with Gasteiger partial charge in [-0.25, -0.2) is 0 Å². The minimum atomic E-state index is -0.678. The molecule has 0 saturated carbocycles. The molecule has 1 aliphatic rings. The van der Waals surface area contributed by atoms with Crippen molar-refractivity contribution in [3.05, 3.63) is 53.6 Å². The van der Waals surface area contributed by atoms with Gasteiger partial charge in [0.2, 0.25) is 6.79 Å². The third-order valence-electron chi connectivity index (χ3n) is 4.55. The number of benzene rings is 2. The van der Waals surface area contributed by atoms with Crippen LogP contribution >= 0.6 is 24.0 Å². The van der Waals surface area contributed by atoms with E-state index in [1.54, 1.807) is 0 Å². The first-order valence-electron chi connectivity index (χ1n) is 10.4. The average molecular weight is 541 g/mol. The first-order valence-corrected chi connectivity index (χ1v) is 10.4. The van der Waals surface area contributed by atoms with Crippen molar-refractivity contribution in [3.8, 4) is 17.2 Å². The SMILES string of the molecule is CCNC(=NCC(O)c1ccc(OC(C)C)cc1)NCCc1ccc2c(c1)OCO2.I. The van der Waals surface area contributed by atoms with Gasteiger partial charge in [0.05, 0.1) is 18.8 Å². The standard InChI is InChI=1S/C23H31N3O4.HI/c1-4-24-23(25-12-11-17-5-10-21-22(13-17)29-15-28-21)26-14-20(27)18-6-8-19(9-7-18)30-16(2)3;/h5-10,13,16,20,27H,4,11-12,14-15H2,1-3H3,(H2,24,25,26);1H. The number of aliphatic imine (C=N–C) groups is 1. The minimum Gasteiger partial charge on any atom is -0.491 e. The monoisotopic (exact) mass is 541 g/mol. The number of halogens is 1. The number of hydrogen-bond acceptors (Lipinski definition) is 5. The van der Waals surface area contributed by atoms with E-state index in [-0.39, 0.29) is 43.4 Å². The quantitative estimate of drug-likeness (QED) is 0.256. The van der Waals surface area contributed by atoms with Gasteiger partial charge in [-0.3, -0.25) is 4.99 Å². The van der Waals surface area contributed by atoms with E-state index in [2.05, 4.69) is 15.6 Å². The maximum atomic E-state index is 10.5. The molecular formula is C23H32IN3O4. The molecule has 0 bridgehead atoms. The normalized spacial score (nSPS) is 13.5. The Bertz CT molecular complexity index is 843. The van der Waals surface area contributed by atoms with Crippen molar-refractivity contribution in [1.82, 2.24) is 10.6 Å². The molecule has 7 nitrogen and oxygen atoms in total. The van der Waals surface area contributed by atoms with Crippen LogP contribution in [0.3, 0.4) is 0 Å². The van der Waals surface area contributed by atoms with Gasteiger partial charge in [0, 0.05) is 13.1 Å². The van der Waals surface area contributed by atoms with Crippen LogP contribution < -0.4 is 24.8 Å². The van der Waals surface area contributed by atoms with Gasteiger partial charge in [-0.1, -0.05) is 18.2 Å². The molecule has 8 heteroatoms. The van der Waals surface area contributed by atoms with E-state index in [9.17, 15) is 5.11 Å². The molecule has 3 N–H and O–H groups in total. The van der Waals surface area contributed by atoms with Gasteiger partial charge in [0.25, 0.3) is 0 Å². The van der Waals surface area contributed by atoms with Crippen molar-refractivity contribution < 1.29 is 19.3 Å². The molecule has 31 heavy (non-hydrogen) atoms. The fraction of sp³-hybridized carbons (Fsp3) is 0.435. The lowest BCUT2D eigenvalue weighted by Crippen LogP contribution is -2.38. The predicted octanol–water partition coefficient (Wildman–Crippen LogP) is 3.65. The van der Waals surface area contributed by atoms with Crippen molar-refractivity contribution in [3.63, 3.8) is 0 Å². The number of fused-ring (bicyclic) bond motifs is 1. The molecule has 0 aromatic heterocycles. The van der Waals surface area contributed by atoms with E-state index in [4.69, 9.17) is 14.2 Å². The van der Waals surface area contributed by atoms with E-state index < -0.39 is 6.10 Å². The number of aliphatic hydroxyl groups is 1. The number of aliphatic hydroxyl groups excluding tert-OH is 1. The average Bonchev–Trinajstić information content (AvgIpc) is 3.20. The Hall–Kier alpha value is -2.20. The zero-order valence-electron chi connectivity index (χ0n) is 18.3. The summed E-state index contributed by atoms with van der Waals surface area (Å²) in [7, 11) is 0. The lowest BCUT2D eigenvalue weighted by molar-refractivity contribution is 0.174. The number of rotatable bonds is 9. The molecule has 1 heterocycles. The van der Waals surface area contributed by atoms with Gasteiger partial charge >= 0.3 is 0 Å². The van der Waals surface area contributed by atoms with Gasteiger partial charge in [-0.05, 0) is 62.6 Å². The summed E-state index contributed by atoms with van der Waals surface area (Å²) in [6.45, 7) is 7.99. The molecule has 0 fully saturated rings. The number of nitrogens with one attached hydrogen (secondary N) is 2. The number of guanidine groups is 1. The van der Waals surface area contributed by atoms with Crippen molar-refractivity contribution in [2.45, 2.75) is 39.4 Å². The highest BCUT2D eigenvalue weighted by atomic mass is 127. The van der Waals surface area contributed by atoms with Crippen molar-refractivity contribution >= 4 is 29.9 Å². The molecule has 3 rings (SSSR count). The molecule has 0 amide bonds. The minimum absolute atomic E-state index is 0. The second-order valence-electron chi connectivity index (χ2n) is 7.34. The number of ether oxygens (including phenoxy) is 3. The van der Waals surface area contributed by atoms with Gasteiger partial charge in [-0.2, -0.15) is 0 Å². The van der Waals surface area contributed by atoms with Gasteiger partial charge < -0.3 is 30.0 Å². The van der Waals surface area contributed by atoms with E-state index in [1.165, 1.54) is 0 Å². The lowest BCUT2D eigenvalue weighted by atomic mass is 10.1. The third-order valence-corrected chi connectivity index (χ3v) is 4.55. The molecule has 2 aromatic rings. The highest BCUT2D eigenvalue weighted by Crippen LogP contribution is 2.32. The van der Waals surface area contributed by atoms with Crippen LogP contribution in [0.4, 0.5) is 0 Å². The molecule has 0 saturated heterocycles. The molecule has 0 spiro atoms. The second kappa shape index (κ2) is 12.6. The number of nitrogens with zero attached hydrogens (tertiary/aromatic N) is 1. The fourth-order valence-corrected chi connectivity index (χ4v) is 3.09. The summed E-state index contributed by atoms with van der Waals surface area (Å²) in [5.41, 5.74) is 1.97. The molecule has 0 radical (unpaired) electrons. The van der Waals surface area contributed by atoms with Crippen LogP contribution in [-0.4, -0.2) is 43.6 Å². The Labute approximate surface area is 201 Å². The van der Waals surface area contributed by atoms with E-state index in [0.717, 1.165) is 41.3 Å². The Balaban J connectivity index is 0.00000341. The van der Waals surface area contributed by atoms with Gasteiger partial charge in [0.15, 0.2) is 17.5 Å². The largest absolute Gasteiger partial charge is 0.491 e. The first kappa shape index (κ1) is 25.1. The molecule has 2 aromatic carbocycles. The topological polar surface area (TPSA) is 84.3 Å². The Morgan fingerprint density at radius 1 is 1.10 bits per heavy atom. The van der Waals surface area contributed by atoms with E-state index in [0.29, 0.717) is 12.5 Å². The maximum Gasteiger partial charge on any atom is 0.231 e. The first-order chi connectivity index (χ1) is 14.5. The summed E-state index contributed by atoms with van der Waals surface area (Å²) in [5, 5.41) is 17.0. The van der Waals surface area contributed by atoms with Crippen LogP contribution in [0.1, 0.15) is 38.0 Å². The summed E-state index contributed by atoms with van der Waals surface area (Å²) in [6.07, 6.45) is 0.264. The zero-order valence-corrected chi connectivity index (χ0v) is 20.6. The molecular weight excluding hydrogens is 509 g/mol. The molecule has 170 valence electrons. The van der Waals surface area contributed by atoms with Gasteiger partial charge in [0.1, 0.15) is 5.75 Å². The zero-order chi connectivity index (χ0) is 21.3. The molecule has 0 aliphatic carbocycles. The summed E-state index contributed by atoms with van der Waals surface area (Å²) < 4.78 is 16.4. The number of hydrogen-bond donors (Lipinski definition) is 3. The van der Waals surface area contributed by atoms with Crippen molar-refractivity contribution in [2.75, 3.05) is 26.4 Å². The fourth-order valence-electron chi connectivity index (χ4n) is 3.09. The van der Waals surface area contributed by atoms with Crippen LogP contribution in [0, 0.1) is 0 Å². The Morgan fingerprint density at radius 2 is 1.84 bits per heavy atom. The summed E-state index contributed by atoms with van der Waals surface area (Å²) >= 11 is 0. The third kappa shape index (κ3) is 7.77. The van der Waals surface area contributed by atoms with Crippen LogP contribution in [0.5, 0.6) is 17.2 Å². The maximum absolute atomic E-state index is 10.5. The van der Waals surface area contributed by atoms with Gasteiger partial charge in [-0.15, -0.1) is 24.0 Å². The Kier molecular flexibility index (Phi) is 10.2. The van der Waals surface area contributed by atoms with E-state index >= 15 is 0 Å². The summed E-state index contributed by atoms with van der Waals surface area (Å²) in [4.78, 5) is 4.52. The van der Waals surface area contributed by atoms with Crippen molar-refractivity contribution in [1.29, 1.82) is 0 Å². The van der Waals surface area contributed by atoms with E-state index in [1.807, 2.05) is 63.2 Å². The van der Waals surface area contributed by atoms with Crippen LogP contribution in [-0.2, 0) is 6.42 Å². The highest BCUT2D eigenvalue weighted by molar-refractivity contribution is 14.0. The highest BCUT2D eigenvalue weighted by Gasteiger charge is 2.13. The second-order valence-corrected chi connectivity index (χ2v) is 7.34. The Morgan fingerprint density at radius 3 is 2.55 bits per heavy atom. The van der Waals surface area contributed by atoms with Crippen LogP contribution in [0.25, 0.3) is 0 Å². The smallest absolute Gasteiger partial charge is 0.231 e. The van der Waals surface area contributed by atoms with Crippen molar-refractivity contribution in [2.24, 2.45) is 4.99 Å². The predicted molar refractivity (Wildman–Crippen MR) is 133 cm³/mol. The van der Waals surface area contributed by atoms with Crippen LogP contribution in [0.15, 0.2) is 47.5 Å². The lowest BCUT2D eigenvalue weighted by Gasteiger charge is -2.14. The molecule has 1 aliphatic heterocycles. The van der Waals surface area contributed by atoms with Crippen LogP contribution in [0.2, 0.25) is 0 Å². The summed E-state index contributed by atoms with van der Waals surface area (Å²) in [5.74, 6) is 3.06.